The molecule has 1 fully saturated rings. The van der Waals surface area contributed by atoms with E-state index in [1.807, 2.05) is 142 Å². The molecular weight excluding hydrogens is 701 g/mol. The zero-order valence-electron chi connectivity index (χ0n) is 32.9. The Morgan fingerprint density at radius 1 is 0.750 bits per heavy atom. The van der Waals surface area contributed by atoms with Crippen molar-refractivity contribution in [1.29, 1.82) is 0 Å². The summed E-state index contributed by atoms with van der Waals surface area (Å²) in [7, 11) is 1.60. The third kappa shape index (κ3) is 9.92. The Balaban J connectivity index is 1.53. The summed E-state index contributed by atoms with van der Waals surface area (Å²) in [6.45, 7) is 8.31. The molecule has 0 aliphatic carbocycles. The molecule has 0 saturated carbocycles. The molecule has 1 heterocycles. The van der Waals surface area contributed by atoms with E-state index in [1.165, 1.54) is 4.90 Å². The van der Waals surface area contributed by atoms with E-state index in [1.54, 1.807) is 7.11 Å². The summed E-state index contributed by atoms with van der Waals surface area (Å²) in [5.41, 5.74) is 3.95. The van der Waals surface area contributed by atoms with E-state index in [0.717, 1.165) is 27.8 Å². The van der Waals surface area contributed by atoms with Gasteiger partial charge in [-0.1, -0.05) is 133 Å². The standard InChI is InChI=1S/C48H52N2O6/c1-34(37-22-14-8-15-23-37)49(32-36-20-12-7-13-21-36)45(39-24-16-9-17-25-39)44(46(52)56-48(2,3)4)42(38-26-28-41(54-5)29-27-38)31-43(51)50-40(33-55-47(50)53)30-35-18-10-6-11-19-35/h6-29,34,40,42,44-45H,30-33H2,1-5H3/t34-,40-,42+,44-,45-/m0/s1. The zero-order chi connectivity index (χ0) is 39.7. The first-order valence-corrected chi connectivity index (χ1v) is 19.3. The van der Waals surface area contributed by atoms with E-state index in [4.69, 9.17) is 14.2 Å². The van der Waals surface area contributed by atoms with Crippen molar-refractivity contribution < 1.29 is 28.6 Å². The molecule has 0 bridgehead atoms. The van der Waals surface area contributed by atoms with Crippen LogP contribution < -0.4 is 4.74 Å². The van der Waals surface area contributed by atoms with Crippen molar-refractivity contribution in [3.8, 4) is 5.75 Å². The van der Waals surface area contributed by atoms with Gasteiger partial charge in [-0.15, -0.1) is 0 Å². The number of cyclic esters (lactones) is 1. The van der Waals surface area contributed by atoms with E-state index < -0.39 is 47.5 Å². The smallest absolute Gasteiger partial charge is 0.416 e. The first-order chi connectivity index (χ1) is 27.0. The fraction of sp³-hybridized carbons (Fsp3) is 0.312. The molecule has 0 aromatic heterocycles. The largest absolute Gasteiger partial charge is 0.497 e. The third-order valence-electron chi connectivity index (χ3n) is 10.4. The van der Waals surface area contributed by atoms with Crippen molar-refractivity contribution >= 4 is 18.0 Å². The van der Waals surface area contributed by atoms with Crippen LogP contribution in [0.25, 0.3) is 0 Å². The molecule has 5 atom stereocenters. The predicted molar refractivity (Wildman–Crippen MR) is 218 cm³/mol. The van der Waals surface area contributed by atoms with Gasteiger partial charge in [0.25, 0.3) is 0 Å². The van der Waals surface area contributed by atoms with Crippen LogP contribution >= 0.6 is 0 Å². The first kappa shape index (κ1) is 39.9. The number of rotatable bonds is 15. The van der Waals surface area contributed by atoms with Gasteiger partial charge >= 0.3 is 12.1 Å². The normalized spacial score (nSPS) is 16.4. The molecule has 0 unspecified atom stereocenters. The summed E-state index contributed by atoms with van der Waals surface area (Å²) >= 11 is 0. The van der Waals surface area contributed by atoms with Crippen molar-refractivity contribution in [3.05, 3.63) is 173 Å². The van der Waals surface area contributed by atoms with Crippen LogP contribution in [0.2, 0.25) is 0 Å². The number of esters is 1. The molecule has 56 heavy (non-hydrogen) atoms. The fourth-order valence-electron chi connectivity index (χ4n) is 7.72. The summed E-state index contributed by atoms with van der Waals surface area (Å²) in [6.07, 6.45) is -0.382. The lowest BCUT2D eigenvalue weighted by Gasteiger charge is -2.43. The minimum absolute atomic E-state index is 0.0915. The second-order valence-corrected chi connectivity index (χ2v) is 15.4. The number of ether oxygens (including phenoxy) is 3. The van der Waals surface area contributed by atoms with Crippen molar-refractivity contribution in [3.63, 3.8) is 0 Å². The van der Waals surface area contributed by atoms with Gasteiger partial charge in [0.15, 0.2) is 0 Å². The second kappa shape index (κ2) is 18.3. The van der Waals surface area contributed by atoms with E-state index in [-0.39, 0.29) is 19.1 Å². The van der Waals surface area contributed by atoms with Gasteiger partial charge in [0.05, 0.1) is 19.1 Å². The van der Waals surface area contributed by atoms with Crippen LogP contribution in [-0.4, -0.2) is 53.1 Å². The Morgan fingerprint density at radius 2 is 1.29 bits per heavy atom. The minimum Gasteiger partial charge on any atom is -0.497 e. The Bertz CT molecular complexity index is 2020. The van der Waals surface area contributed by atoms with Crippen LogP contribution in [0.15, 0.2) is 146 Å². The van der Waals surface area contributed by atoms with E-state index in [2.05, 4.69) is 36.1 Å². The molecule has 0 radical (unpaired) electrons. The Hall–Kier alpha value is -5.73. The van der Waals surface area contributed by atoms with E-state index >= 15 is 4.79 Å². The fourth-order valence-corrected chi connectivity index (χ4v) is 7.72. The van der Waals surface area contributed by atoms with E-state index in [9.17, 15) is 9.59 Å². The van der Waals surface area contributed by atoms with Crippen molar-refractivity contribution in [2.24, 2.45) is 5.92 Å². The lowest BCUT2D eigenvalue weighted by molar-refractivity contribution is -0.165. The number of amides is 2. The van der Waals surface area contributed by atoms with Crippen LogP contribution in [0.4, 0.5) is 4.79 Å². The molecule has 1 aliphatic heterocycles. The summed E-state index contributed by atoms with van der Waals surface area (Å²) in [5.74, 6) is -1.87. The number of methoxy groups -OCH3 is 1. The first-order valence-electron chi connectivity index (χ1n) is 19.3. The number of hydrogen-bond donors (Lipinski definition) is 0. The Labute approximate surface area is 331 Å². The highest BCUT2D eigenvalue weighted by atomic mass is 16.6. The molecule has 6 rings (SSSR count). The topological polar surface area (TPSA) is 85.4 Å². The molecule has 1 aliphatic rings. The van der Waals surface area contributed by atoms with Crippen LogP contribution in [0, 0.1) is 5.92 Å². The molecule has 5 aromatic rings. The molecule has 0 N–H and O–H groups in total. The van der Waals surface area contributed by atoms with Gasteiger partial charge in [0.1, 0.15) is 18.0 Å². The highest BCUT2D eigenvalue weighted by Crippen LogP contribution is 2.46. The van der Waals surface area contributed by atoms with E-state index in [0.29, 0.717) is 18.7 Å². The molecule has 290 valence electrons. The maximum absolute atomic E-state index is 15.2. The van der Waals surface area contributed by atoms with Gasteiger partial charge in [0, 0.05) is 31.0 Å². The quantitative estimate of drug-likeness (QED) is 0.0985. The molecule has 5 aromatic carbocycles. The average molecular weight is 753 g/mol. The number of hydrogen-bond acceptors (Lipinski definition) is 7. The SMILES string of the molecule is COc1ccc([C@@H](CC(=O)N2C(=O)OC[C@@H]2Cc2ccccc2)[C@H](C(=O)OC(C)(C)C)[C@H](c2ccccc2)N(Cc2ccccc2)[C@@H](C)c2ccccc2)cc1. The molecule has 8 nitrogen and oxygen atoms in total. The Morgan fingerprint density at radius 3 is 1.84 bits per heavy atom. The van der Waals surface area contributed by atoms with Crippen LogP contribution in [0.5, 0.6) is 5.75 Å². The molecule has 1 saturated heterocycles. The molecular formula is C48H52N2O6. The molecule has 0 spiro atoms. The lowest BCUT2D eigenvalue weighted by Crippen LogP contribution is -2.45. The van der Waals surface area contributed by atoms with Crippen molar-refractivity contribution in [2.75, 3.05) is 13.7 Å². The highest BCUT2D eigenvalue weighted by Gasteiger charge is 2.47. The second-order valence-electron chi connectivity index (χ2n) is 15.4. The van der Waals surface area contributed by atoms with Gasteiger partial charge in [-0.3, -0.25) is 14.5 Å². The van der Waals surface area contributed by atoms with Crippen LogP contribution in [-0.2, 0) is 32.0 Å². The van der Waals surface area contributed by atoms with Crippen LogP contribution in [0.3, 0.4) is 0 Å². The number of imide groups is 1. The van der Waals surface area contributed by atoms with Gasteiger partial charge in [-0.25, -0.2) is 9.69 Å². The predicted octanol–water partition coefficient (Wildman–Crippen LogP) is 9.72. The summed E-state index contributed by atoms with van der Waals surface area (Å²) in [5, 5.41) is 0. The Kier molecular flexibility index (Phi) is 13.0. The maximum atomic E-state index is 15.2. The zero-order valence-corrected chi connectivity index (χ0v) is 32.9. The van der Waals surface area contributed by atoms with Crippen molar-refractivity contribution in [2.45, 2.75) is 76.7 Å². The highest BCUT2D eigenvalue weighted by molar-refractivity contribution is 5.94. The average Bonchev–Trinajstić information content (AvgIpc) is 3.58. The van der Waals surface area contributed by atoms with Gasteiger partial charge in [0.2, 0.25) is 5.91 Å². The number of carbonyl (C=O) groups excluding carboxylic acids is 3. The summed E-state index contributed by atoms with van der Waals surface area (Å²) in [6, 6.07) is 46.4. The lowest BCUT2D eigenvalue weighted by atomic mass is 9.75. The number of nitrogens with zero attached hydrogens (tertiary/aromatic N) is 2. The third-order valence-corrected chi connectivity index (χ3v) is 10.4. The molecule has 2 amide bonds. The summed E-state index contributed by atoms with van der Waals surface area (Å²) < 4.78 is 17.4. The summed E-state index contributed by atoms with van der Waals surface area (Å²) in [4.78, 5) is 47.0. The van der Waals surface area contributed by atoms with Gasteiger partial charge < -0.3 is 14.2 Å². The maximum Gasteiger partial charge on any atom is 0.416 e. The number of benzene rings is 5. The van der Waals surface area contributed by atoms with Gasteiger partial charge in [-0.05, 0) is 74.1 Å². The van der Waals surface area contributed by atoms with Crippen LogP contribution in [0.1, 0.15) is 79.9 Å². The van der Waals surface area contributed by atoms with Gasteiger partial charge in [-0.2, -0.15) is 0 Å². The monoisotopic (exact) mass is 752 g/mol. The van der Waals surface area contributed by atoms with Crippen molar-refractivity contribution in [1.82, 2.24) is 9.80 Å². The molecule has 8 heteroatoms. The number of carbonyl (C=O) groups is 3. The minimum atomic E-state index is -0.921.